The van der Waals surface area contributed by atoms with Gasteiger partial charge in [0.1, 0.15) is 5.82 Å². The van der Waals surface area contributed by atoms with Crippen molar-refractivity contribution in [1.29, 1.82) is 0 Å². The molecule has 112 valence electrons. The number of anilines is 1. The van der Waals surface area contributed by atoms with E-state index in [-0.39, 0.29) is 5.54 Å². The Kier molecular flexibility index (Phi) is 5.08. The van der Waals surface area contributed by atoms with Crippen LogP contribution in [0.15, 0.2) is 16.7 Å². The second-order valence-corrected chi connectivity index (χ2v) is 7.64. The molecule has 1 aromatic heterocycles. The van der Waals surface area contributed by atoms with Crippen LogP contribution in [0.2, 0.25) is 0 Å². The molecule has 1 N–H and O–H groups in total. The Morgan fingerprint density at radius 3 is 2.80 bits per heavy atom. The molecule has 0 bridgehead atoms. The summed E-state index contributed by atoms with van der Waals surface area (Å²) in [6, 6.07) is 2.20. The van der Waals surface area contributed by atoms with E-state index in [0.29, 0.717) is 5.92 Å². The Balaban J connectivity index is 2.19. The van der Waals surface area contributed by atoms with Crippen molar-refractivity contribution in [2.45, 2.75) is 52.6 Å². The van der Waals surface area contributed by atoms with Crippen LogP contribution in [-0.4, -0.2) is 23.6 Å². The van der Waals surface area contributed by atoms with Crippen LogP contribution in [0.25, 0.3) is 0 Å². The number of hydrogen-bond acceptors (Lipinski definition) is 3. The summed E-state index contributed by atoms with van der Waals surface area (Å²) in [5.74, 6) is 1.81. The van der Waals surface area contributed by atoms with Gasteiger partial charge in [-0.1, -0.05) is 13.8 Å². The number of nitrogens with zero attached hydrogens (tertiary/aromatic N) is 2. The second-order valence-electron chi connectivity index (χ2n) is 6.73. The topological polar surface area (TPSA) is 28.2 Å². The van der Waals surface area contributed by atoms with Gasteiger partial charge in [0.05, 0.1) is 0 Å². The molecule has 0 radical (unpaired) electrons. The van der Waals surface area contributed by atoms with Crippen molar-refractivity contribution in [1.82, 2.24) is 10.3 Å². The molecule has 0 amide bonds. The predicted molar refractivity (Wildman–Crippen MR) is 89.1 cm³/mol. The van der Waals surface area contributed by atoms with Crippen molar-refractivity contribution in [3.63, 3.8) is 0 Å². The molecule has 2 heterocycles. The Bertz CT molecular complexity index is 457. The lowest BCUT2D eigenvalue weighted by molar-refractivity contribution is 0.509. The lowest BCUT2D eigenvalue weighted by Crippen LogP contribution is -2.39. The van der Waals surface area contributed by atoms with Crippen LogP contribution >= 0.6 is 15.9 Å². The summed E-state index contributed by atoms with van der Waals surface area (Å²) >= 11 is 3.55. The molecule has 2 rings (SSSR count). The minimum Gasteiger partial charge on any atom is -0.351 e. The molecule has 1 aliphatic rings. The number of hydrogen-bond donors (Lipinski definition) is 1. The van der Waals surface area contributed by atoms with E-state index in [9.17, 15) is 0 Å². The Hall–Kier alpha value is -0.610. The van der Waals surface area contributed by atoms with E-state index >= 15 is 0 Å². The van der Waals surface area contributed by atoms with Gasteiger partial charge in [0.25, 0.3) is 0 Å². The first-order valence-electron chi connectivity index (χ1n) is 7.53. The molecule has 0 aromatic carbocycles. The molecular formula is C16H26BrN3. The molecular weight excluding hydrogens is 314 g/mol. The molecule has 0 spiro atoms. The largest absolute Gasteiger partial charge is 0.351 e. The van der Waals surface area contributed by atoms with Gasteiger partial charge in [-0.2, -0.15) is 0 Å². The molecule has 1 aliphatic heterocycles. The maximum atomic E-state index is 4.69. The molecule has 1 saturated heterocycles. The molecule has 0 aliphatic carbocycles. The zero-order chi connectivity index (χ0) is 14.8. The molecule has 0 atom stereocenters. The molecule has 1 aromatic rings. The summed E-state index contributed by atoms with van der Waals surface area (Å²) in [6.45, 7) is 12.1. The van der Waals surface area contributed by atoms with Gasteiger partial charge in [0.15, 0.2) is 0 Å². The maximum Gasteiger partial charge on any atom is 0.133 e. The molecule has 4 heteroatoms. The van der Waals surface area contributed by atoms with Crippen LogP contribution < -0.4 is 10.2 Å². The Morgan fingerprint density at radius 2 is 2.20 bits per heavy atom. The van der Waals surface area contributed by atoms with Gasteiger partial charge in [-0.15, -0.1) is 0 Å². The lowest BCUT2D eigenvalue weighted by atomic mass is 10.0. The predicted octanol–water partition coefficient (Wildman–Crippen LogP) is 3.97. The van der Waals surface area contributed by atoms with E-state index in [4.69, 9.17) is 4.98 Å². The van der Waals surface area contributed by atoms with Crippen LogP contribution in [-0.2, 0) is 6.54 Å². The average Bonchev–Trinajstić information content (AvgIpc) is 2.69. The zero-order valence-corrected chi connectivity index (χ0v) is 14.6. The number of halogens is 1. The van der Waals surface area contributed by atoms with Crippen LogP contribution in [0.1, 0.15) is 46.1 Å². The van der Waals surface area contributed by atoms with Gasteiger partial charge in [0, 0.05) is 34.9 Å². The standard InChI is InChI=1S/C16H26BrN3/c1-12(2)9-18-10-13-8-14(17)11-19-15(13)20-7-5-6-16(20,3)4/h8,11-12,18H,5-7,9-10H2,1-4H3. The van der Waals surface area contributed by atoms with E-state index in [1.807, 2.05) is 6.20 Å². The summed E-state index contributed by atoms with van der Waals surface area (Å²) in [5.41, 5.74) is 1.50. The van der Waals surface area contributed by atoms with Crippen LogP contribution in [0.3, 0.4) is 0 Å². The van der Waals surface area contributed by atoms with Crippen molar-refractivity contribution in [3.05, 3.63) is 22.3 Å². The average molecular weight is 340 g/mol. The molecule has 0 unspecified atom stereocenters. The van der Waals surface area contributed by atoms with Crippen molar-refractivity contribution in [2.24, 2.45) is 5.92 Å². The normalized spacial score (nSPS) is 18.0. The van der Waals surface area contributed by atoms with Crippen molar-refractivity contribution < 1.29 is 0 Å². The van der Waals surface area contributed by atoms with Crippen molar-refractivity contribution in [3.8, 4) is 0 Å². The summed E-state index contributed by atoms with van der Waals surface area (Å²) in [4.78, 5) is 7.16. The summed E-state index contributed by atoms with van der Waals surface area (Å²) in [7, 11) is 0. The first-order valence-corrected chi connectivity index (χ1v) is 8.32. The first-order chi connectivity index (χ1) is 9.40. The molecule has 3 nitrogen and oxygen atoms in total. The smallest absolute Gasteiger partial charge is 0.133 e. The highest BCUT2D eigenvalue weighted by Crippen LogP contribution is 2.34. The van der Waals surface area contributed by atoms with E-state index in [0.717, 1.165) is 29.9 Å². The highest BCUT2D eigenvalue weighted by Gasteiger charge is 2.33. The van der Waals surface area contributed by atoms with Gasteiger partial charge in [-0.3, -0.25) is 0 Å². The Labute approximate surface area is 131 Å². The monoisotopic (exact) mass is 339 g/mol. The highest BCUT2D eigenvalue weighted by atomic mass is 79.9. The van der Waals surface area contributed by atoms with Crippen molar-refractivity contribution >= 4 is 21.7 Å². The third kappa shape index (κ3) is 3.73. The third-order valence-corrected chi connectivity index (χ3v) is 4.37. The fourth-order valence-electron chi connectivity index (χ4n) is 2.84. The third-order valence-electron chi connectivity index (χ3n) is 3.93. The zero-order valence-electron chi connectivity index (χ0n) is 13.0. The fraction of sp³-hybridized carbons (Fsp3) is 0.688. The highest BCUT2D eigenvalue weighted by molar-refractivity contribution is 9.10. The number of rotatable bonds is 5. The van der Waals surface area contributed by atoms with Gasteiger partial charge >= 0.3 is 0 Å². The summed E-state index contributed by atoms with van der Waals surface area (Å²) < 4.78 is 1.06. The SMILES string of the molecule is CC(C)CNCc1cc(Br)cnc1N1CCCC1(C)C. The molecule has 20 heavy (non-hydrogen) atoms. The summed E-state index contributed by atoms with van der Waals surface area (Å²) in [5, 5.41) is 3.53. The summed E-state index contributed by atoms with van der Waals surface area (Å²) in [6.07, 6.45) is 4.41. The quantitative estimate of drug-likeness (QED) is 0.879. The number of nitrogens with one attached hydrogen (secondary N) is 1. The molecule has 0 saturated carbocycles. The van der Waals surface area contributed by atoms with Crippen molar-refractivity contribution in [2.75, 3.05) is 18.0 Å². The van der Waals surface area contributed by atoms with Gasteiger partial charge in [-0.05, 0) is 61.1 Å². The minimum absolute atomic E-state index is 0.216. The van der Waals surface area contributed by atoms with E-state index < -0.39 is 0 Å². The van der Waals surface area contributed by atoms with Crippen LogP contribution in [0.4, 0.5) is 5.82 Å². The van der Waals surface area contributed by atoms with E-state index in [1.165, 1.54) is 18.4 Å². The Morgan fingerprint density at radius 1 is 1.45 bits per heavy atom. The van der Waals surface area contributed by atoms with E-state index in [2.05, 4.69) is 59.9 Å². The van der Waals surface area contributed by atoms with Crippen LogP contribution in [0, 0.1) is 5.92 Å². The van der Waals surface area contributed by atoms with Gasteiger partial charge in [0.2, 0.25) is 0 Å². The number of aromatic nitrogens is 1. The first kappa shape index (κ1) is 15.8. The van der Waals surface area contributed by atoms with E-state index in [1.54, 1.807) is 0 Å². The van der Waals surface area contributed by atoms with Gasteiger partial charge in [-0.25, -0.2) is 4.98 Å². The molecule has 1 fully saturated rings. The maximum absolute atomic E-state index is 4.69. The fourth-order valence-corrected chi connectivity index (χ4v) is 3.22. The second kappa shape index (κ2) is 6.44. The number of pyridine rings is 1. The lowest BCUT2D eigenvalue weighted by Gasteiger charge is -2.34. The minimum atomic E-state index is 0.216. The van der Waals surface area contributed by atoms with Crippen LogP contribution in [0.5, 0.6) is 0 Å². The van der Waals surface area contributed by atoms with Gasteiger partial charge < -0.3 is 10.2 Å².